The van der Waals surface area contributed by atoms with Gasteiger partial charge in [0, 0.05) is 27.0 Å². The summed E-state index contributed by atoms with van der Waals surface area (Å²) >= 11 is 9.45. The van der Waals surface area contributed by atoms with Crippen LogP contribution in [0.3, 0.4) is 0 Å². The number of fused-ring (bicyclic) bond motifs is 2. The van der Waals surface area contributed by atoms with Crippen molar-refractivity contribution in [2.24, 2.45) is 4.99 Å². The molecule has 0 fully saturated rings. The quantitative estimate of drug-likeness (QED) is 0.627. The van der Waals surface area contributed by atoms with Crippen LogP contribution in [0.2, 0.25) is 5.02 Å². The monoisotopic (exact) mass is 306 g/mol. The number of rotatable bonds is 0. The van der Waals surface area contributed by atoms with E-state index in [0.717, 1.165) is 27.1 Å². The molecule has 0 aromatic heterocycles. The summed E-state index contributed by atoms with van der Waals surface area (Å²) in [6.07, 6.45) is 1.86. The van der Waals surface area contributed by atoms with Crippen LogP contribution in [0, 0.1) is 0 Å². The van der Waals surface area contributed by atoms with Crippen LogP contribution in [0.15, 0.2) is 45.9 Å². The fourth-order valence-electron chi connectivity index (χ4n) is 1.75. The largest absolute Gasteiger partial charge is 0.353 e. The van der Waals surface area contributed by atoms with Gasteiger partial charge < -0.3 is 5.32 Å². The lowest BCUT2D eigenvalue weighted by atomic mass is 10.2. The zero-order chi connectivity index (χ0) is 11.8. The summed E-state index contributed by atoms with van der Waals surface area (Å²) < 4.78 is 1.03. The minimum absolute atomic E-state index is 0.699. The number of benzene rings is 2. The summed E-state index contributed by atoms with van der Waals surface area (Å²) in [6.45, 7) is 0. The zero-order valence-electron chi connectivity index (χ0n) is 8.74. The minimum atomic E-state index is 0.699. The van der Waals surface area contributed by atoms with Crippen LogP contribution in [-0.2, 0) is 0 Å². The van der Waals surface area contributed by atoms with Crippen molar-refractivity contribution in [3.8, 4) is 0 Å². The van der Waals surface area contributed by atoms with Gasteiger partial charge in [0.05, 0.1) is 11.4 Å². The van der Waals surface area contributed by atoms with E-state index >= 15 is 0 Å². The third-order valence-electron chi connectivity index (χ3n) is 2.59. The van der Waals surface area contributed by atoms with Crippen LogP contribution in [0.4, 0.5) is 17.1 Å². The van der Waals surface area contributed by atoms with Gasteiger partial charge in [-0.3, -0.25) is 4.99 Å². The van der Waals surface area contributed by atoms with Gasteiger partial charge in [-0.25, -0.2) is 0 Å². The molecule has 0 saturated heterocycles. The van der Waals surface area contributed by atoms with Gasteiger partial charge in [-0.05, 0) is 30.3 Å². The lowest BCUT2D eigenvalue weighted by Crippen LogP contribution is -1.93. The van der Waals surface area contributed by atoms with Crippen LogP contribution in [0.25, 0.3) is 0 Å². The Morgan fingerprint density at radius 2 is 1.94 bits per heavy atom. The zero-order valence-corrected chi connectivity index (χ0v) is 11.1. The molecule has 0 radical (unpaired) electrons. The van der Waals surface area contributed by atoms with Crippen molar-refractivity contribution in [2.45, 2.75) is 0 Å². The van der Waals surface area contributed by atoms with Crippen molar-refractivity contribution >= 4 is 50.8 Å². The smallest absolute Gasteiger partial charge is 0.0865 e. The number of hydrogen-bond acceptors (Lipinski definition) is 2. The molecule has 2 nitrogen and oxygen atoms in total. The number of halogens is 2. The van der Waals surface area contributed by atoms with E-state index in [1.54, 1.807) is 0 Å². The van der Waals surface area contributed by atoms with Gasteiger partial charge in [0.25, 0.3) is 0 Å². The van der Waals surface area contributed by atoms with Crippen LogP contribution in [-0.4, -0.2) is 6.21 Å². The molecule has 0 spiro atoms. The van der Waals surface area contributed by atoms with Crippen LogP contribution < -0.4 is 5.32 Å². The Hall–Kier alpha value is -1.32. The maximum Gasteiger partial charge on any atom is 0.0865 e. The Labute approximate surface area is 112 Å². The predicted octanol–water partition coefficient (Wildman–Crippen LogP) is 4.91. The standard InChI is InChI=1S/C13H8BrClN2/c14-9-2-1-8-7-16-11-4-3-10(15)6-13(11)17-12(8)5-9/h1-7,17H. The maximum absolute atomic E-state index is 5.99. The molecule has 0 unspecified atom stereocenters. The highest BCUT2D eigenvalue weighted by atomic mass is 79.9. The topological polar surface area (TPSA) is 24.4 Å². The van der Waals surface area contributed by atoms with Gasteiger partial charge >= 0.3 is 0 Å². The molecular formula is C13H8BrClN2. The van der Waals surface area contributed by atoms with E-state index in [9.17, 15) is 0 Å². The Bertz CT molecular complexity index is 569. The molecule has 1 aliphatic rings. The van der Waals surface area contributed by atoms with Crippen molar-refractivity contribution in [3.63, 3.8) is 0 Å². The molecule has 2 aromatic carbocycles. The van der Waals surface area contributed by atoms with Crippen molar-refractivity contribution in [3.05, 3.63) is 51.5 Å². The fourth-order valence-corrected chi connectivity index (χ4v) is 2.29. The van der Waals surface area contributed by atoms with Crippen LogP contribution >= 0.6 is 27.5 Å². The molecule has 1 N–H and O–H groups in total. The third-order valence-corrected chi connectivity index (χ3v) is 3.31. The van der Waals surface area contributed by atoms with E-state index in [2.05, 4.69) is 26.2 Å². The van der Waals surface area contributed by atoms with Gasteiger partial charge in [0.2, 0.25) is 0 Å². The highest BCUT2D eigenvalue weighted by molar-refractivity contribution is 9.10. The third kappa shape index (κ3) is 2.08. The summed E-state index contributed by atoms with van der Waals surface area (Å²) in [6, 6.07) is 11.7. The average Bonchev–Trinajstić information content (AvgIpc) is 2.46. The summed E-state index contributed by atoms with van der Waals surface area (Å²) in [7, 11) is 0. The Morgan fingerprint density at radius 3 is 2.82 bits per heavy atom. The van der Waals surface area contributed by atoms with Gasteiger partial charge in [-0.1, -0.05) is 33.6 Å². The second-order valence-electron chi connectivity index (χ2n) is 3.78. The molecule has 3 rings (SSSR count). The van der Waals surface area contributed by atoms with Gasteiger partial charge in [-0.15, -0.1) is 0 Å². The SMILES string of the molecule is Clc1ccc2c(c1)Nc1cc(Br)ccc1C=N2. The first-order valence-electron chi connectivity index (χ1n) is 5.12. The van der Waals surface area contributed by atoms with E-state index in [-0.39, 0.29) is 0 Å². The van der Waals surface area contributed by atoms with E-state index < -0.39 is 0 Å². The molecule has 17 heavy (non-hydrogen) atoms. The maximum atomic E-state index is 5.99. The number of nitrogens with one attached hydrogen (secondary N) is 1. The fraction of sp³-hybridized carbons (Fsp3) is 0. The number of anilines is 2. The minimum Gasteiger partial charge on any atom is -0.353 e. The van der Waals surface area contributed by atoms with E-state index in [1.807, 2.05) is 42.6 Å². The number of hydrogen-bond donors (Lipinski definition) is 1. The Balaban J connectivity index is 2.17. The van der Waals surface area contributed by atoms with Gasteiger partial charge in [-0.2, -0.15) is 0 Å². The summed E-state index contributed by atoms with van der Waals surface area (Å²) in [4.78, 5) is 4.44. The molecule has 1 heterocycles. The molecule has 84 valence electrons. The van der Waals surface area contributed by atoms with Crippen LogP contribution in [0.1, 0.15) is 5.56 Å². The lowest BCUT2D eigenvalue weighted by molar-refractivity contribution is 1.51. The number of nitrogens with zero attached hydrogens (tertiary/aromatic N) is 1. The first-order valence-corrected chi connectivity index (χ1v) is 6.30. The average molecular weight is 308 g/mol. The van der Waals surface area contributed by atoms with E-state index in [1.165, 1.54) is 0 Å². The van der Waals surface area contributed by atoms with Gasteiger partial charge in [0.1, 0.15) is 0 Å². The molecular weight excluding hydrogens is 300 g/mol. The second kappa shape index (κ2) is 4.17. The Morgan fingerprint density at radius 1 is 1.06 bits per heavy atom. The number of aliphatic imine (C=N–C) groups is 1. The van der Waals surface area contributed by atoms with Crippen molar-refractivity contribution in [1.29, 1.82) is 0 Å². The molecule has 2 aromatic rings. The van der Waals surface area contributed by atoms with Crippen molar-refractivity contribution in [2.75, 3.05) is 5.32 Å². The molecule has 0 atom stereocenters. The summed E-state index contributed by atoms with van der Waals surface area (Å²) in [5.74, 6) is 0. The highest BCUT2D eigenvalue weighted by Gasteiger charge is 2.09. The highest BCUT2D eigenvalue weighted by Crippen LogP contribution is 2.35. The molecule has 4 heteroatoms. The van der Waals surface area contributed by atoms with Gasteiger partial charge in [0.15, 0.2) is 0 Å². The Kier molecular flexibility index (Phi) is 2.65. The van der Waals surface area contributed by atoms with E-state index in [4.69, 9.17) is 11.6 Å². The summed E-state index contributed by atoms with van der Waals surface area (Å²) in [5, 5.41) is 4.04. The molecule has 0 saturated carbocycles. The lowest BCUT2D eigenvalue weighted by Gasteiger charge is -2.09. The first kappa shape index (κ1) is 10.8. The molecule has 0 amide bonds. The predicted molar refractivity (Wildman–Crippen MR) is 76.1 cm³/mol. The first-order chi connectivity index (χ1) is 8.22. The normalized spacial score (nSPS) is 12.4. The van der Waals surface area contributed by atoms with E-state index in [0.29, 0.717) is 5.02 Å². The summed E-state index contributed by atoms with van der Waals surface area (Å²) in [5.41, 5.74) is 3.89. The molecule has 1 aliphatic heterocycles. The molecule has 0 bridgehead atoms. The second-order valence-corrected chi connectivity index (χ2v) is 5.13. The van der Waals surface area contributed by atoms with Crippen molar-refractivity contribution in [1.82, 2.24) is 0 Å². The van der Waals surface area contributed by atoms with Crippen LogP contribution in [0.5, 0.6) is 0 Å². The van der Waals surface area contributed by atoms with Crippen molar-refractivity contribution < 1.29 is 0 Å². The molecule has 0 aliphatic carbocycles.